The molecule has 1 aliphatic heterocycles. The van der Waals surface area contributed by atoms with Crippen LogP contribution in [0.4, 0.5) is 4.79 Å². The molecule has 1 radical (unpaired) electrons. The van der Waals surface area contributed by atoms with E-state index in [0.717, 1.165) is 4.68 Å². The molecule has 0 saturated carbocycles. The third kappa shape index (κ3) is 7.52. The van der Waals surface area contributed by atoms with Crippen molar-refractivity contribution in [3.8, 4) is 0 Å². The van der Waals surface area contributed by atoms with Crippen molar-refractivity contribution in [2.75, 3.05) is 20.2 Å². The van der Waals surface area contributed by atoms with Crippen LogP contribution in [0.25, 0.3) is 5.70 Å². The van der Waals surface area contributed by atoms with E-state index in [9.17, 15) is 24.0 Å². The molecule has 1 unspecified atom stereocenters. The molecule has 0 aromatic carbocycles. The second-order valence-electron chi connectivity index (χ2n) is 8.44. The summed E-state index contributed by atoms with van der Waals surface area (Å²) < 4.78 is 10.5. The molecule has 0 spiro atoms. The summed E-state index contributed by atoms with van der Waals surface area (Å²) in [7, 11) is 1.19. The van der Waals surface area contributed by atoms with E-state index in [1.54, 1.807) is 32.9 Å². The zero-order chi connectivity index (χ0) is 27.0. The number of alkyl carbamates (subject to hydrolysis) is 1. The number of hydrogen-bond donors (Lipinski definition) is 2. The van der Waals surface area contributed by atoms with Gasteiger partial charge in [-0.05, 0) is 25.0 Å². The number of nitrogens with one attached hydrogen (secondary N) is 2. The number of ketones is 1. The SMILES string of the molecule is C=C/C=C(\C=C/C)n1nc(C(=O)CNC(=O)[C@@H]2C([CH2-])CCN2C(=O)[C@@H](NC(=O)OC)C(C)C)oc1=O.[CH3-].[Es]. The molecule has 1 saturated heterocycles. The zero-order valence-corrected chi connectivity index (χ0v) is 24.7. The first-order valence-corrected chi connectivity index (χ1v) is 11.4. The van der Waals surface area contributed by atoms with Crippen molar-refractivity contribution in [2.24, 2.45) is 11.8 Å². The van der Waals surface area contributed by atoms with Crippen LogP contribution >= 0.6 is 0 Å². The molecule has 1 aromatic rings. The van der Waals surface area contributed by atoms with Gasteiger partial charge in [0.15, 0.2) is 0 Å². The van der Waals surface area contributed by atoms with Crippen LogP contribution in [0.3, 0.4) is 0 Å². The Morgan fingerprint density at radius 1 is 1.32 bits per heavy atom. The third-order valence-corrected chi connectivity index (χ3v) is 5.55. The summed E-state index contributed by atoms with van der Waals surface area (Å²) in [4.78, 5) is 63.9. The van der Waals surface area contributed by atoms with Crippen molar-refractivity contribution >= 4 is 29.4 Å². The van der Waals surface area contributed by atoms with Crippen LogP contribution in [-0.2, 0) is 14.3 Å². The number of rotatable bonds is 10. The Kier molecular flexibility index (Phi) is 12.7. The van der Waals surface area contributed by atoms with Crippen LogP contribution in [0, 0.1) is 26.2 Å². The fourth-order valence-electron chi connectivity index (χ4n) is 3.73. The van der Waals surface area contributed by atoms with Crippen LogP contribution < -0.4 is 16.4 Å². The van der Waals surface area contributed by atoms with E-state index in [0.29, 0.717) is 12.1 Å². The molecule has 0 bridgehead atoms. The maximum Gasteiger partial charge on any atom is 0.442 e. The molecule has 215 valence electrons. The summed E-state index contributed by atoms with van der Waals surface area (Å²) in [6.45, 7) is 12.5. The fraction of sp³-hybridized carbons (Fsp3) is 0.440. The van der Waals surface area contributed by atoms with Gasteiger partial charge in [-0.15, -0.1) is 11.0 Å². The van der Waals surface area contributed by atoms with Gasteiger partial charge in [0.25, 0.3) is 5.89 Å². The summed E-state index contributed by atoms with van der Waals surface area (Å²) >= 11 is 0. The Bertz CT molecular complexity index is 1120. The molecule has 0 aliphatic carbocycles. The average Bonchev–Trinajstić information content (AvgIpc) is 3.42. The van der Waals surface area contributed by atoms with Crippen LogP contribution in [0.2, 0.25) is 0 Å². The maximum atomic E-state index is 13.2. The number of ether oxygens (including phenoxy) is 1. The molecule has 38 heavy (non-hydrogen) atoms. The van der Waals surface area contributed by atoms with Gasteiger partial charge in [0, 0.05) is 6.54 Å². The van der Waals surface area contributed by atoms with E-state index in [4.69, 9.17) is 4.42 Å². The number of Topliss-reactive ketones (excluding diaryl/α,β-unsaturated/α-hetero) is 1. The summed E-state index contributed by atoms with van der Waals surface area (Å²) in [5, 5.41) is 8.87. The first-order chi connectivity index (χ1) is 17.0. The topological polar surface area (TPSA) is 153 Å². The second-order valence-corrected chi connectivity index (χ2v) is 8.44. The Morgan fingerprint density at radius 3 is 2.53 bits per heavy atom. The van der Waals surface area contributed by atoms with Gasteiger partial charge < -0.3 is 39.0 Å². The van der Waals surface area contributed by atoms with Gasteiger partial charge >= 0.3 is 11.8 Å². The maximum absolute atomic E-state index is 13.2. The molecule has 2 N–H and O–H groups in total. The zero-order valence-electron chi connectivity index (χ0n) is 22.2. The Balaban J connectivity index is 0.00000684. The van der Waals surface area contributed by atoms with Gasteiger partial charge in [0.1, 0.15) is 6.04 Å². The Morgan fingerprint density at radius 2 is 1.97 bits per heavy atom. The predicted octanol–water partition coefficient (Wildman–Crippen LogP) is 1.62. The van der Waals surface area contributed by atoms with E-state index in [1.807, 2.05) is 0 Å². The largest absolute Gasteiger partial charge is 0.453 e. The summed E-state index contributed by atoms with van der Waals surface area (Å²) in [5.41, 5.74) is 0.338. The summed E-state index contributed by atoms with van der Waals surface area (Å²) in [5.74, 6) is -3.85. The number of carbonyl (C=O) groups is 4. The van der Waals surface area contributed by atoms with Crippen molar-refractivity contribution in [3.05, 3.63) is 61.7 Å². The Labute approximate surface area is 216 Å². The van der Waals surface area contributed by atoms with Crippen LogP contribution in [-0.4, -0.2) is 70.7 Å². The molecule has 2 rings (SSSR count). The summed E-state index contributed by atoms with van der Waals surface area (Å²) in [6.07, 6.45) is 5.92. The second kappa shape index (κ2) is 14.6. The van der Waals surface area contributed by atoms with E-state index < -0.39 is 59.9 Å². The van der Waals surface area contributed by atoms with Gasteiger partial charge in [-0.1, -0.05) is 39.0 Å². The van der Waals surface area contributed by atoms with E-state index in [1.165, 1.54) is 24.2 Å². The van der Waals surface area contributed by atoms with E-state index in [-0.39, 0.29) is 19.9 Å². The molecule has 1 aromatic heterocycles. The van der Waals surface area contributed by atoms with Gasteiger partial charge in [0.2, 0.25) is 17.6 Å². The number of carbonyl (C=O) groups excluding carboxylic acids is 4. The first kappa shape index (κ1) is 33.0. The van der Waals surface area contributed by atoms with Gasteiger partial charge in [-0.25, -0.2) is 9.59 Å². The van der Waals surface area contributed by atoms with Crippen molar-refractivity contribution in [3.63, 3.8) is 0 Å². The molecular formula is C25H35EsN5O7-2. The quantitative estimate of drug-likeness (QED) is 0.207. The molecule has 13 heteroatoms. The van der Waals surface area contributed by atoms with E-state index in [2.05, 4.69) is 34.0 Å². The monoisotopic (exact) mass is 769 g/mol. The van der Waals surface area contributed by atoms with Crippen molar-refractivity contribution < 1.29 is 28.3 Å². The van der Waals surface area contributed by atoms with Crippen LogP contribution in [0.15, 0.2) is 40.1 Å². The van der Waals surface area contributed by atoms with E-state index >= 15 is 0 Å². The number of hydrogen-bond acceptors (Lipinski definition) is 8. The van der Waals surface area contributed by atoms with Crippen LogP contribution in [0.5, 0.6) is 0 Å². The molecule has 12 nitrogen and oxygen atoms in total. The molecule has 2 heterocycles. The minimum atomic E-state index is -0.951. The normalized spacial score (nSPS) is 17.8. The number of aromatic nitrogens is 2. The third-order valence-electron chi connectivity index (χ3n) is 5.55. The number of allylic oxidation sites excluding steroid dienone is 5. The van der Waals surface area contributed by atoms with Crippen molar-refractivity contribution in [2.45, 2.75) is 39.3 Å². The standard InChI is InChI=1S/C24H32N5O7.CH3.Es/c1-7-9-16(10-8-2)29-24(34)36-21(27-29)17(30)13-25-20(31)19-15(5)11-12-28(19)22(32)18(14(3)4)26-23(33)35-6;;/h7-10,14-15,18-19H,1,5,11-13H2,2-4,6H3,(H,25,31)(H,26,33);1H3;/q2*-1;/b10-8-,16-9+;;/t15?,18-,19-;;/m0../s1. The molecule has 1 fully saturated rings. The number of methoxy groups -OCH3 is 1. The summed E-state index contributed by atoms with van der Waals surface area (Å²) in [6, 6.07) is -1.86. The van der Waals surface area contributed by atoms with Gasteiger partial charge in [0.05, 0.1) is 25.4 Å². The number of amides is 3. The van der Waals surface area contributed by atoms with Crippen molar-refractivity contribution in [1.29, 1.82) is 0 Å². The average molecular weight is 770 g/mol. The van der Waals surface area contributed by atoms with Gasteiger partial charge in [-0.3, -0.25) is 14.4 Å². The number of likely N-dealkylation sites (tertiary alicyclic amines) is 1. The van der Waals surface area contributed by atoms with Gasteiger partial charge in [-0.2, -0.15) is 4.68 Å². The molecule has 3 amide bonds. The first-order valence-electron chi connectivity index (χ1n) is 11.4. The minimum absolute atomic E-state index is 0. The molecule has 1 aliphatic rings. The fourth-order valence-corrected chi connectivity index (χ4v) is 3.73. The Hall–Kier alpha value is -4.96. The van der Waals surface area contributed by atoms with Crippen LogP contribution in [0.1, 0.15) is 37.9 Å². The molecule has 3 atom stereocenters. The van der Waals surface area contributed by atoms with Crippen molar-refractivity contribution in [1.82, 2.24) is 25.3 Å². The molecular weight excluding hydrogens is 734 g/mol. The minimum Gasteiger partial charge on any atom is -0.453 e. The number of nitrogens with zero attached hydrogens (tertiary/aromatic N) is 3. The predicted molar refractivity (Wildman–Crippen MR) is 137 cm³/mol. The smallest absolute Gasteiger partial charge is 0.442 e.